The maximum atomic E-state index is 12.8. The summed E-state index contributed by atoms with van der Waals surface area (Å²) in [5, 5.41) is 7.27. The van der Waals surface area contributed by atoms with E-state index in [4.69, 9.17) is 9.26 Å². The van der Waals surface area contributed by atoms with E-state index in [9.17, 15) is 4.79 Å². The van der Waals surface area contributed by atoms with Crippen LogP contribution in [0.4, 0.5) is 0 Å². The molecular formula is C21H25N3O3. The molecule has 1 heterocycles. The first kappa shape index (κ1) is 16.8. The number of benzene rings is 1. The second kappa shape index (κ2) is 6.98. The quantitative estimate of drug-likeness (QED) is 0.812. The number of rotatable bonds is 7. The minimum Gasteiger partial charge on any atom is -0.485 e. The van der Waals surface area contributed by atoms with Gasteiger partial charge in [0.15, 0.2) is 6.61 Å². The molecule has 2 aromatic rings. The Hall–Kier alpha value is -2.37. The summed E-state index contributed by atoms with van der Waals surface area (Å²) >= 11 is 0. The second-order valence-electron chi connectivity index (χ2n) is 8.22. The van der Waals surface area contributed by atoms with E-state index in [1.54, 1.807) is 0 Å². The fraction of sp³-hybridized carbons (Fsp3) is 0.571. The zero-order valence-corrected chi connectivity index (χ0v) is 15.3. The number of carbonyl (C=O) groups is 1. The van der Waals surface area contributed by atoms with Crippen LogP contribution in [0.5, 0.6) is 5.75 Å². The van der Waals surface area contributed by atoms with Gasteiger partial charge in [0.1, 0.15) is 5.75 Å². The Labute approximate surface area is 158 Å². The van der Waals surface area contributed by atoms with Gasteiger partial charge in [-0.2, -0.15) is 4.98 Å². The van der Waals surface area contributed by atoms with Gasteiger partial charge in [0.05, 0.1) is 11.8 Å². The molecule has 0 aliphatic heterocycles. The molecule has 27 heavy (non-hydrogen) atoms. The van der Waals surface area contributed by atoms with Crippen molar-refractivity contribution in [1.29, 1.82) is 0 Å². The number of hydrogen-bond acceptors (Lipinski definition) is 5. The number of aromatic nitrogens is 2. The van der Waals surface area contributed by atoms with E-state index in [1.807, 2.05) is 30.3 Å². The number of amides is 1. The molecule has 6 nitrogen and oxygen atoms in total. The smallest absolute Gasteiger partial charge is 0.230 e. The minimum atomic E-state index is -0.0224. The van der Waals surface area contributed by atoms with Gasteiger partial charge in [-0.05, 0) is 62.0 Å². The van der Waals surface area contributed by atoms with Gasteiger partial charge in [0.25, 0.3) is 0 Å². The Morgan fingerprint density at radius 1 is 1.15 bits per heavy atom. The van der Waals surface area contributed by atoms with E-state index in [1.165, 1.54) is 12.8 Å². The average molecular weight is 367 g/mol. The molecule has 0 unspecified atom stereocenters. The van der Waals surface area contributed by atoms with Crippen molar-refractivity contribution in [2.75, 3.05) is 6.54 Å². The number of fused-ring (bicyclic) bond motifs is 2. The molecule has 3 fully saturated rings. The van der Waals surface area contributed by atoms with Crippen molar-refractivity contribution < 1.29 is 14.1 Å². The van der Waals surface area contributed by atoms with Crippen LogP contribution in [0.25, 0.3) is 0 Å². The van der Waals surface area contributed by atoms with Crippen molar-refractivity contribution in [3.8, 4) is 5.75 Å². The van der Waals surface area contributed by atoms with Crippen LogP contribution in [0, 0.1) is 23.7 Å². The fourth-order valence-corrected chi connectivity index (χ4v) is 4.83. The fourth-order valence-electron chi connectivity index (χ4n) is 4.83. The number of nitrogens with zero attached hydrogens (tertiary/aromatic N) is 2. The van der Waals surface area contributed by atoms with Crippen LogP contribution >= 0.6 is 0 Å². The van der Waals surface area contributed by atoms with Gasteiger partial charge in [-0.15, -0.1) is 0 Å². The average Bonchev–Trinajstić information content (AvgIpc) is 3.08. The van der Waals surface area contributed by atoms with Crippen molar-refractivity contribution in [2.24, 2.45) is 23.7 Å². The maximum absolute atomic E-state index is 12.8. The normalized spacial score (nSPS) is 29.0. The van der Waals surface area contributed by atoms with Crippen molar-refractivity contribution in [3.05, 3.63) is 42.0 Å². The summed E-state index contributed by atoms with van der Waals surface area (Å²) in [5.41, 5.74) is 0. The molecule has 3 aliphatic carbocycles. The lowest BCUT2D eigenvalue weighted by atomic mass is 9.78. The van der Waals surface area contributed by atoms with E-state index < -0.39 is 0 Å². The topological polar surface area (TPSA) is 77.2 Å². The zero-order valence-electron chi connectivity index (χ0n) is 15.3. The standard InChI is InChI=1S/C21H25N3O3/c25-20(22-11-13-6-7-13)18-14-8-9-15(10-14)19(18)21-23-17(24-27-21)12-26-16-4-2-1-3-5-16/h1-5,13-15,18-19H,6-12H2,(H,22,25)/t14-,15+,18-,19-/m0/s1. The highest BCUT2D eigenvalue weighted by Gasteiger charge is 2.53. The van der Waals surface area contributed by atoms with Crippen LogP contribution < -0.4 is 10.1 Å². The van der Waals surface area contributed by atoms with Crippen molar-refractivity contribution in [1.82, 2.24) is 15.5 Å². The number of carbonyl (C=O) groups excluding carboxylic acids is 1. The largest absolute Gasteiger partial charge is 0.485 e. The molecule has 3 aliphatic rings. The van der Waals surface area contributed by atoms with Gasteiger partial charge >= 0.3 is 0 Å². The molecule has 3 saturated carbocycles. The van der Waals surface area contributed by atoms with Gasteiger partial charge < -0.3 is 14.6 Å². The van der Waals surface area contributed by atoms with Gasteiger partial charge in [-0.1, -0.05) is 23.4 Å². The minimum absolute atomic E-state index is 0.0224. The molecule has 1 aromatic carbocycles. The number of ether oxygens (including phenoxy) is 1. The molecule has 142 valence electrons. The first-order chi connectivity index (χ1) is 13.3. The highest BCUT2D eigenvalue weighted by atomic mass is 16.5. The molecule has 1 aromatic heterocycles. The van der Waals surface area contributed by atoms with Crippen LogP contribution in [-0.2, 0) is 11.4 Å². The highest BCUT2D eigenvalue weighted by Crippen LogP contribution is 2.56. The molecule has 2 bridgehead atoms. The predicted octanol–water partition coefficient (Wildman–Crippen LogP) is 3.30. The van der Waals surface area contributed by atoms with E-state index in [-0.39, 0.29) is 24.3 Å². The highest BCUT2D eigenvalue weighted by molar-refractivity contribution is 5.80. The van der Waals surface area contributed by atoms with Crippen molar-refractivity contribution >= 4 is 5.91 Å². The Morgan fingerprint density at radius 2 is 1.96 bits per heavy atom. The third-order valence-corrected chi connectivity index (χ3v) is 6.36. The monoisotopic (exact) mass is 367 g/mol. The summed E-state index contributed by atoms with van der Waals surface area (Å²) in [6.45, 7) is 1.09. The lowest BCUT2D eigenvalue weighted by Gasteiger charge is -2.27. The second-order valence-corrected chi connectivity index (χ2v) is 8.22. The Morgan fingerprint density at radius 3 is 2.78 bits per heavy atom. The van der Waals surface area contributed by atoms with Crippen LogP contribution in [0.1, 0.15) is 49.7 Å². The molecule has 0 radical (unpaired) electrons. The van der Waals surface area contributed by atoms with Crippen LogP contribution in [0.15, 0.2) is 34.9 Å². The Kier molecular flexibility index (Phi) is 4.34. The van der Waals surface area contributed by atoms with Gasteiger partial charge in [0, 0.05) is 6.54 Å². The number of hydrogen-bond donors (Lipinski definition) is 1. The number of nitrogens with one attached hydrogen (secondary N) is 1. The SMILES string of the molecule is O=C(NCC1CC1)[C@H]1[C@H]2CC[C@H](C2)[C@@H]1c1nc(COc2ccccc2)no1. The summed E-state index contributed by atoms with van der Waals surface area (Å²) in [7, 11) is 0. The lowest BCUT2D eigenvalue weighted by molar-refractivity contribution is -0.127. The first-order valence-electron chi connectivity index (χ1n) is 10.1. The van der Waals surface area contributed by atoms with Crippen molar-refractivity contribution in [3.63, 3.8) is 0 Å². The molecule has 5 rings (SSSR count). The van der Waals surface area contributed by atoms with Crippen LogP contribution in [0.3, 0.4) is 0 Å². The molecule has 0 spiro atoms. The van der Waals surface area contributed by atoms with Gasteiger partial charge in [-0.3, -0.25) is 4.79 Å². The molecular weight excluding hydrogens is 342 g/mol. The first-order valence-corrected chi connectivity index (χ1v) is 10.1. The Balaban J connectivity index is 1.27. The van der Waals surface area contributed by atoms with Crippen LogP contribution in [-0.4, -0.2) is 22.6 Å². The Bertz CT molecular complexity index is 802. The molecule has 1 amide bonds. The van der Waals surface area contributed by atoms with E-state index >= 15 is 0 Å². The maximum Gasteiger partial charge on any atom is 0.230 e. The molecule has 4 atom stereocenters. The summed E-state index contributed by atoms with van der Waals surface area (Å²) < 4.78 is 11.3. The third kappa shape index (κ3) is 3.45. The van der Waals surface area contributed by atoms with Crippen LogP contribution in [0.2, 0.25) is 0 Å². The van der Waals surface area contributed by atoms with E-state index in [2.05, 4.69) is 15.5 Å². The zero-order chi connectivity index (χ0) is 18.2. The van der Waals surface area contributed by atoms with E-state index in [0.29, 0.717) is 29.5 Å². The van der Waals surface area contributed by atoms with Crippen molar-refractivity contribution in [2.45, 2.75) is 44.6 Å². The third-order valence-electron chi connectivity index (χ3n) is 6.36. The summed E-state index contributed by atoms with van der Waals surface area (Å²) in [6, 6.07) is 9.60. The molecule has 0 saturated heterocycles. The van der Waals surface area contributed by atoms with E-state index in [0.717, 1.165) is 31.6 Å². The number of para-hydroxylation sites is 1. The molecule has 1 N–H and O–H groups in total. The molecule has 6 heteroatoms. The summed E-state index contributed by atoms with van der Waals surface area (Å²) in [5.74, 6) is 3.77. The lowest BCUT2D eigenvalue weighted by Crippen LogP contribution is -2.38. The summed E-state index contributed by atoms with van der Waals surface area (Å²) in [4.78, 5) is 17.4. The van der Waals surface area contributed by atoms with Gasteiger partial charge in [0.2, 0.25) is 17.6 Å². The van der Waals surface area contributed by atoms with Gasteiger partial charge in [-0.25, -0.2) is 0 Å². The predicted molar refractivity (Wildman–Crippen MR) is 97.9 cm³/mol. The summed E-state index contributed by atoms with van der Waals surface area (Å²) in [6.07, 6.45) is 5.88.